The third kappa shape index (κ3) is 4.04. The van der Waals surface area contributed by atoms with Gasteiger partial charge in [0.1, 0.15) is 11.6 Å². The molecule has 1 saturated carbocycles. The molecule has 0 aromatic heterocycles. The van der Waals surface area contributed by atoms with Crippen molar-refractivity contribution in [3.05, 3.63) is 65.5 Å². The van der Waals surface area contributed by atoms with E-state index in [0.29, 0.717) is 12.1 Å². The maximum absolute atomic E-state index is 14.0. The van der Waals surface area contributed by atoms with Crippen molar-refractivity contribution in [3.63, 3.8) is 0 Å². The maximum atomic E-state index is 14.0. The Hall–Kier alpha value is -2.40. The second-order valence-electron chi connectivity index (χ2n) is 7.75. The summed E-state index contributed by atoms with van der Waals surface area (Å²) in [5.74, 6) is 0.522. The SMILES string of the molecule is COc1cccc(C(CNC(=O)C2CC2c2ccccc2F)N2CCCC2)c1. The van der Waals surface area contributed by atoms with Gasteiger partial charge in [0.25, 0.3) is 0 Å². The lowest BCUT2D eigenvalue weighted by atomic mass is 10.0. The van der Waals surface area contributed by atoms with Gasteiger partial charge in [-0.15, -0.1) is 0 Å². The number of nitrogens with one attached hydrogen (secondary N) is 1. The van der Waals surface area contributed by atoms with Crippen LogP contribution in [0.1, 0.15) is 42.3 Å². The number of rotatable bonds is 7. The lowest BCUT2D eigenvalue weighted by Crippen LogP contribution is -2.37. The molecule has 0 bridgehead atoms. The van der Waals surface area contributed by atoms with Crippen molar-refractivity contribution >= 4 is 5.91 Å². The van der Waals surface area contributed by atoms with Crippen LogP contribution in [-0.2, 0) is 4.79 Å². The van der Waals surface area contributed by atoms with Crippen molar-refractivity contribution in [2.75, 3.05) is 26.7 Å². The minimum Gasteiger partial charge on any atom is -0.497 e. The number of nitrogens with zero attached hydrogens (tertiary/aromatic N) is 1. The Labute approximate surface area is 165 Å². The molecule has 1 heterocycles. The van der Waals surface area contributed by atoms with Crippen molar-refractivity contribution in [2.24, 2.45) is 5.92 Å². The van der Waals surface area contributed by atoms with Crippen molar-refractivity contribution in [2.45, 2.75) is 31.2 Å². The highest BCUT2D eigenvalue weighted by Gasteiger charge is 2.45. The quantitative estimate of drug-likeness (QED) is 0.790. The van der Waals surface area contributed by atoms with E-state index in [1.165, 1.54) is 18.9 Å². The molecule has 5 heteroatoms. The van der Waals surface area contributed by atoms with Crippen LogP contribution in [0.15, 0.2) is 48.5 Å². The van der Waals surface area contributed by atoms with Gasteiger partial charge in [-0.2, -0.15) is 0 Å². The monoisotopic (exact) mass is 382 g/mol. The molecule has 1 amide bonds. The van der Waals surface area contributed by atoms with Crippen molar-refractivity contribution in [1.82, 2.24) is 10.2 Å². The highest BCUT2D eigenvalue weighted by molar-refractivity contribution is 5.83. The molecule has 0 spiro atoms. The molecule has 1 aliphatic heterocycles. The average molecular weight is 382 g/mol. The average Bonchev–Trinajstić information content (AvgIpc) is 3.34. The summed E-state index contributed by atoms with van der Waals surface area (Å²) < 4.78 is 19.4. The first-order valence-corrected chi connectivity index (χ1v) is 10.1. The van der Waals surface area contributed by atoms with Gasteiger partial charge in [-0.05, 0) is 67.6 Å². The maximum Gasteiger partial charge on any atom is 0.223 e. The second kappa shape index (κ2) is 8.31. The van der Waals surface area contributed by atoms with Crippen molar-refractivity contribution in [3.8, 4) is 5.75 Å². The van der Waals surface area contributed by atoms with Gasteiger partial charge in [0.15, 0.2) is 0 Å². The number of halogens is 1. The van der Waals surface area contributed by atoms with Crippen LogP contribution in [0.2, 0.25) is 0 Å². The molecule has 4 nitrogen and oxygen atoms in total. The molecule has 1 aliphatic carbocycles. The van der Waals surface area contributed by atoms with E-state index in [2.05, 4.69) is 22.3 Å². The summed E-state index contributed by atoms with van der Waals surface area (Å²) in [5, 5.41) is 3.13. The van der Waals surface area contributed by atoms with Gasteiger partial charge in [0, 0.05) is 12.5 Å². The largest absolute Gasteiger partial charge is 0.497 e. The molecular formula is C23H27FN2O2. The van der Waals surface area contributed by atoms with E-state index in [1.807, 2.05) is 18.2 Å². The number of amides is 1. The van der Waals surface area contributed by atoms with Crippen LogP contribution in [0.5, 0.6) is 5.75 Å². The molecule has 3 atom stereocenters. The van der Waals surface area contributed by atoms with Gasteiger partial charge in [-0.25, -0.2) is 4.39 Å². The van der Waals surface area contributed by atoms with Crippen molar-refractivity contribution in [1.29, 1.82) is 0 Å². The summed E-state index contributed by atoms with van der Waals surface area (Å²) in [7, 11) is 1.67. The van der Waals surface area contributed by atoms with Crippen LogP contribution in [0, 0.1) is 11.7 Å². The Bertz CT molecular complexity index is 835. The van der Waals surface area contributed by atoms with E-state index >= 15 is 0 Å². The van der Waals surface area contributed by atoms with Crippen molar-refractivity contribution < 1.29 is 13.9 Å². The molecule has 4 rings (SSSR count). The zero-order chi connectivity index (χ0) is 19.5. The van der Waals surface area contributed by atoms with E-state index < -0.39 is 0 Å². The second-order valence-corrected chi connectivity index (χ2v) is 7.75. The zero-order valence-electron chi connectivity index (χ0n) is 16.2. The van der Waals surface area contributed by atoms with Gasteiger partial charge in [-0.3, -0.25) is 9.69 Å². The summed E-state index contributed by atoms with van der Waals surface area (Å²) in [6.07, 6.45) is 3.10. The summed E-state index contributed by atoms with van der Waals surface area (Å²) >= 11 is 0. The van der Waals surface area contributed by atoms with E-state index in [9.17, 15) is 9.18 Å². The van der Waals surface area contributed by atoms with Crippen LogP contribution in [0.4, 0.5) is 4.39 Å². The molecule has 2 aliphatic rings. The number of methoxy groups -OCH3 is 1. The number of carbonyl (C=O) groups excluding carboxylic acids is 1. The molecule has 28 heavy (non-hydrogen) atoms. The van der Waals surface area contributed by atoms with Gasteiger partial charge in [-0.1, -0.05) is 30.3 Å². The molecule has 0 radical (unpaired) electrons. The fourth-order valence-corrected chi connectivity index (χ4v) is 4.29. The summed E-state index contributed by atoms with van der Waals surface area (Å²) in [5.41, 5.74) is 1.81. The Kier molecular flexibility index (Phi) is 5.62. The highest BCUT2D eigenvalue weighted by Crippen LogP contribution is 2.48. The minimum absolute atomic E-state index is 0.00301. The molecule has 2 aromatic carbocycles. The zero-order valence-corrected chi connectivity index (χ0v) is 16.2. The van der Waals surface area contributed by atoms with Crippen LogP contribution in [0.3, 0.4) is 0 Å². The molecule has 2 aromatic rings. The Morgan fingerprint density at radius 2 is 2.00 bits per heavy atom. The molecule has 148 valence electrons. The summed E-state index contributed by atoms with van der Waals surface area (Å²) in [4.78, 5) is 15.1. The van der Waals surface area contributed by atoms with Gasteiger partial charge < -0.3 is 10.1 Å². The van der Waals surface area contributed by atoms with Crippen LogP contribution in [-0.4, -0.2) is 37.6 Å². The van der Waals surface area contributed by atoms with Gasteiger partial charge in [0.2, 0.25) is 5.91 Å². The Morgan fingerprint density at radius 3 is 2.75 bits per heavy atom. The van der Waals surface area contributed by atoms with E-state index in [0.717, 1.165) is 30.8 Å². The van der Waals surface area contributed by atoms with Gasteiger partial charge in [0.05, 0.1) is 13.2 Å². The van der Waals surface area contributed by atoms with E-state index in [-0.39, 0.29) is 29.6 Å². The Morgan fingerprint density at radius 1 is 1.21 bits per heavy atom. The number of ether oxygens (including phenoxy) is 1. The number of carbonyl (C=O) groups is 1. The number of likely N-dealkylation sites (tertiary alicyclic amines) is 1. The minimum atomic E-state index is -0.214. The topological polar surface area (TPSA) is 41.6 Å². The lowest BCUT2D eigenvalue weighted by Gasteiger charge is -2.28. The molecule has 1 saturated heterocycles. The van der Waals surface area contributed by atoms with Crippen LogP contribution < -0.4 is 10.1 Å². The fourth-order valence-electron chi connectivity index (χ4n) is 4.29. The predicted molar refractivity (Wildman–Crippen MR) is 107 cm³/mol. The van der Waals surface area contributed by atoms with Crippen LogP contribution in [0.25, 0.3) is 0 Å². The first kappa shape index (κ1) is 18.9. The highest BCUT2D eigenvalue weighted by atomic mass is 19.1. The van der Waals surface area contributed by atoms with Gasteiger partial charge >= 0.3 is 0 Å². The van der Waals surface area contributed by atoms with E-state index in [1.54, 1.807) is 19.2 Å². The smallest absolute Gasteiger partial charge is 0.223 e. The molecule has 2 fully saturated rings. The summed E-state index contributed by atoms with van der Waals surface area (Å²) in [6.45, 7) is 2.64. The predicted octanol–water partition coefficient (Wildman–Crippen LogP) is 3.89. The van der Waals surface area contributed by atoms with Crippen LogP contribution >= 0.6 is 0 Å². The normalized spacial score (nSPS) is 22.6. The third-order valence-corrected chi connectivity index (χ3v) is 5.96. The number of benzene rings is 2. The third-order valence-electron chi connectivity index (χ3n) is 5.96. The first-order chi connectivity index (χ1) is 13.7. The Balaban J connectivity index is 1.42. The fraction of sp³-hybridized carbons (Fsp3) is 0.435. The number of hydrogen-bond donors (Lipinski definition) is 1. The molecule has 3 unspecified atom stereocenters. The lowest BCUT2D eigenvalue weighted by molar-refractivity contribution is -0.122. The number of hydrogen-bond acceptors (Lipinski definition) is 3. The first-order valence-electron chi connectivity index (χ1n) is 10.1. The summed E-state index contributed by atoms with van der Waals surface area (Å²) in [6, 6.07) is 15.0. The molecule has 1 N–H and O–H groups in total. The van der Waals surface area contributed by atoms with E-state index in [4.69, 9.17) is 4.74 Å². The molecular weight excluding hydrogens is 355 g/mol. The standard InChI is InChI=1S/C23H27FN2O2/c1-28-17-8-6-7-16(13-17)22(26-11-4-5-12-26)15-25-23(27)20-14-19(20)18-9-2-3-10-21(18)24/h2-3,6-10,13,19-20,22H,4-5,11-12,14-15H2,1H3,(H,25,27).